The van der Waals surface area contributed by atoms with E-state index < -0.39 is 5.54 Å². The van der Waals surface area contributed by atoms with Gasteiger partial charge in [-0.1, -0.05) is 33.6 Å². The van der Waals surface area contributed by atoms with Crippen molar-refractivity contribution in [2.24, 2.45) is 17.1 Å². The van der Waals surface area contributed by atoms with Gasteiger partial charge in [0.15, 0.2) is 0 Å². The molecule has 0 aromatic rings. The van der Waals surface area contributed by atoms with E-state index in [1.165, 1.54) is 25.7 Å². The fourth-order valence-electron chi connectivity index (χ4n) is 4.14. The molecule has 0 bridgehead atoms. The number of carbonyl (C=O) groups excluding carboxylic acids is 1. The summed E-state index contributed by atoms with van der Waals surface area (Å²) in [5, 5.41) is 3.22. The molecule has 2 fully saturated rings. The highest BCUT2D eigenvalue weighted by Crippen LogP contribution is 2.50. The van der Waals surface area contributed by atoms with Gasteiger partial charge < -0.3 is 15.8 Å². The molecular weight excluding hydrogens is 276 g/mol. The molecule has 2 unspecified atom stereocenters. The molecule has 4 nitrogen and oxygen atoms in total. The summed E-state index contributed by atoms with van der Waals surface area (Å²) in [7, 11) is 0. The Bertz CT molecular complexity index is 389. The average molecular weight is 310 g/mol. The molecule has 22 heavy (non-hydrogen) atoms. The molecule has 4 heteroatoms. The first-order chi connectivity index (χ1) is 10.3. The van der Waals surface area contributed by atoms with Gasteiger partial charge in [0.05, 0.1) is 6.10 Å². The van der Waals surface area contributed by atoms with E-state index in [9.17, 15) is 4.79 Å². The van der Waals surface area contributed by atoms with Gasteiger partial charge in [0.1, 0.15) is 5.54 Å². The first-order valence-corrected chi connectivity index (χ1v) is 9.06. The third-order valence-corrected chi connectivity index (χ3v) is 6.11. The normalized spacial score (nSPS) is 37.4. The lowest BCUT2D eigenvalue weighted by Gasteiger charge is -2.57. The van der Waals surface area contributed by atoms with E-state index in [4.69, 9.17) is 10.5 Å². The van der Waals surface area contributed by atoms with E-state index >= 15 is 0 Å². The molecular formula is C18H34N2O2. The largest absolute Gasteiger partial charge is 0.378 e. The molecule has 3 N–H and O–H groups in total. The summed E-state index contributed by atoms with van der Waals surface area (Å²) in [6.45, 7) is 9.01. The van der Waals surface area contributed by atoms with E-state index in [1.54, 1.807) is 0 Å². The average Bonchev–Trinajstić information content (AvgIpc) is 2.49. The van der Waals surface area contributed by atoms with Crippen LogP contribution < -0.4 is 11.1 Å². The molecule has 0 saturated heterocycles. The zero-order valence-corrected chi connectivity index (χ0v) is 14.8. The van der Waals surface area contributed by atoms with Gasteiger partial charge in [0.25, 0.3) is 0 Å². The molecule has 2 saturated carbocycles. The van der Waals surface area contributed by atoms with E-state index in [0.717, 1.165) is 18.8 Å². The summed E-state index contributed by atoms with van der Waals surface area (Å²) in [6.07, 6.45) is 7.98. The number of carbonyl (C=O) groups is 1. The van der Waals surface area contributed by atoms with Crippen LogP contribution in [-0.4, -0.2) is 30.2 Å². The number of amides is 1. The van der Waals surface area contributed by atoms with Gasteiger partial charge in [0, 0.05) is 24.5 Å². The quantitative estimate of drug-likeness (QED) is 0.792. The molecule has 0 aromatic carbocycles. The van der Waals surface area contributed by atoms with Gasteiger partial charge >= 0.3 is 0 Å². The van der Waals surface area contributed by atoms with Crippen LogP contribution in [0, 0.1) is 11.3 Å². The van der Waals surface area contributed by atoms with Crippen LogP contribution in [0.15, 0.2) is 0 Å². The molecule has 1 amide bonds. The van der Waals surface area contributed by atoms with Crippen molar-refractivity contribution in [3.8, 4) is 0 Å². The molecule has 2 atom stereocenters. The minimum Gasteiger partial charge on any atom is -0.378 e. The minimum atomic E-state index is -0.785. The Kier molecular flexibility index (Phi) is 5.54. The third-order valence-electron chi connectivity index (χ3n) is 6.11. The Morgan fingerprint density at radius 1 is 1.23 bits per heavy atom. The molecule has 0 spiro atoms. The minimum absolute atomic E-state index is 0.0207. The number of nitrogens with one attached hydrogen (secondary N) is 1. The summed E-state index contributed by atoms with van der Waals surface area (Å²) < 4.78 is 5.71. The summed E-state index contributed by atoms with van der Waals surface area (Å²) in [5.74, 6) is 0.875. The summed E-state index contributed by atoms with van der Waals surface area (Å²) in [6, 6.07) is 0.308. The SMILES string of the molecule is CCCC1CCC(NC(=O)C2(N)CC(OCC)C2(C)C)CC1. The molecule has 2 rings (SSSR count). The maximum absolute atomic E-state index is 12.7. The van der Waals surface area contributed by atoms with Crippen LogP contribution in [0.2, 0.25) is 0 Å². The summed E-state index contributed by atoms with van der Waals surface area (Å²) in [5.41, 5.74) is 5.36. The van der Waals surface area contributed by atoms with Gasteiger partial charge in [-0.2, -0.15) is 0 Å². The van der Waals surface area contributed by atoms with Crippen LogP contribution in [0.5, 0.6) is 0 Å². The third kappa shape index (κ3) is 3.18. The maximum Gasteiger partial charge on any atom is 0.241 e. The highest BCUT2D eigenvalue weighted by Gasteiger charge is 2.63. The van der Waals surface area contributed by atoms with Crippen molar-refractivity contribution < 1.29 is 9.53 Å². The predicted octanol–water partition coefficient (Wildman–Crippen LogP) is 2.99. The van der Waals surface area contributed by atoms with Gasteiger partial charge in [-0.25, -0.2) is 0 Å². The molecule has 128 valence electrons. The molecule has 0 aliphatic heterocycles. The van der Waals surface area contributed by atoms with Gasteiger partial charge in [-0.15, -0.1) is 0 Å². The zero-order valence-electron chi connectivity index (χ0n) is 14.8. The van der Waals surface area contributed by atoms with Gasteiger partial charge in [-0.05, 0) is 38.5 Å². The Balaban J connectivity index is 1.85. The van der Waals surface area contributed by atoms with Crippen molar-refractivity contribution >= 4 is 5.91 Å². The standard InChI is InChI=1S/C18H34N2O2/c1-5-7-13-8-10-14(11-9-13)20-16(21)18(19)12-15(22-6-2)17(18,3)4/h13-15H,5-12,19H2,1-4H3,(H,20,21). The first kappa shape index (κ1) is 17.7. The van der Waals surface area contributed by atoms with E-state index in [2.05, 4.69) is 26.1 Å². The zero-order chi connectivity index (χ0) is 16.4. The second-order valence-electron chi connectivity index (χ2n) is 7.82. The molecule has 0 aromatic heterocycles. The number of hydrogen-bond donors (Lipinski definition) is 2. The van der Waals surface area contributed by atoms with Crippen molar-refractivity contribution in [3.63, 3.8) is 0 Å². The molecule has 0 heterocycles. The maximum atomic E-state index is 12.7. The Labute approximate surface area is 135 Å². The summed E-state index contributed by atoms with van der Waals surface area (Å²) in [4.78, 5) is 12.7. The monoisotopic (exact) mass is 310 g/mol. The Hall–Kier alpha value is -0.610. The first-order valence-electron chi connectivity index (χ1n) is 9.06. The second-order valence-corrected chi connectivity index (χ2v) is 7.82. The second kappa shape index (κ2) is 6.88. The molecule has 0 radical (unpaired) electrons. The number of nitrogens with two attached hydrogens (primary N) is 1. The van der Waals surface area contributed by atoms with Crippen LogP contribution in [0.3, 0.4) is 0 Å². The predicted molar refractivity (Wildman–Crippen MR) is 89.5 cm³/mol. The van der Waals surface area contributed by atoms with E-state index in [-0.39, 0.29) is 17.4 Å². The number of ether oxygens (including phenoxy) is 1. The van der Waals surface area contributed by atoms with Crippen molar-refractivity contribution in [2.45, 2.75) is 90.3 Å². The lowest BCUT2D eigenvalue weighted by Crippen LogP contribution is -2.76. The van der Waals surface area contributed by atoms with E-state index in [1.807, 2.05) is 6.92 Å². The van der Waals surface area contributed by atoms with Crippen molar-refractivity contribution in [1.82, 2.24) is 5.32 Å². The fourth-order valence-corrected chi connectivity index (χ4v) is 4.14. The highest BCUT2D eigenvalue weighted by atomic mass is 16.5. The van der Waals surface area contributed by atoms with Crippen LogP contribution in [0.1, 0.15) is 72.6 Å². The topological polar surface area (TPSA) is 64.4 Å². The molecule has 2 aliphatic carbocycles. The van der Waals surface area contributed by atoms with Gasteiger partial charge in [0.2, 0.25) is 5.91 Å². The van der Waals surface area contributed by atoms with Crippen LogP contribution in [0.25, 0.3) is 0 Å². The van der Waals surface area contributed by atoms with Crippen LogP contribution in [0.4, 0.5) is 0 Å². The Morgan fingerprint density at radius 2 is 1.86 bits per heavy atom. The lowest BCUT2D eigenvalue weighted by atomic mass is 9.54. The number of rotatable bonds is 6. The molecule has 2 aliphatic rings. The Morgan fingerprint density at radius 3 is 2.36 bits per heavy atom. The summed E-state index contributed by atoms with van der Waals surface area (Å²) >= 11 is 0. The fraction of sp³-hybridized carbons (Fsp3) is 0.944. The lowest BCUT2D eigenvalue weighted by molar-refractivity contribution is -0.171. The van der Waals surface area contributed by atoms with Crippen LogP contribution >= 0.6 is 0 Å². The van der Waals surface area contributed by atoms with Crippen LogP contribution in [-0.2, 0) is 9.53 Å². The smallest absolute Gasteiger partial charge is 0.241 e. The van der Waals surface area contributed by atoms with Crippen molar-refractivity contribution in [2.75, 3.05) is 6.61 Å². The van der Waals surface area contributed by atoms with Crippen molar-refractivity contribution in [3.05, 3.63) is 0 Å². The highest BCUT2D eigenvalue weighted by molar-refractivity contribution is 5.89. The van der Waals surface area contributed by atoms with E-state index in [0.29, 0.717) is 19.1 Å². The van der Waals surface area contributed by atoms with Gasteiger partial charge in [-0.3, -0.25) is 4.79 Å². The number of hydrogen-bond acceptors (Lipinski definition) is 3. The van der Waals surface area contributed by atoms with Crippen molar-refractivity contribution in [1.29, 1.82) is 0 Å².